The van der Waals surface area contributed by atoms with Crippen molar-refractivity contribution in [3.8, 4) is 0 Å². The summed E-state index contributed by atoms with van der Waals surface area (Å²) in [7, 11) is 0. The zero-order chi connectivity index (χ0) is 14.9. The second-order valence-corrected chi connectivity index (χ2v) is 6.09. The van der Waals surface area contributed by atoms with Gasteiger partial charge in [-0.2, -0.15) is 0 Å². The number of hydrogen-bond donors (Lipinski definition) is 1. The van der Waals surface area contributed by atoms with Crippen LogP contribution in [0.3, 0.4) is 0 Å². The Morgan fingerprint density at radius 3 is 1.18 bits per heavy atom. The molecule has 2 nitrogen and oxygen atoms in total. The molecule has 0 rings (SSSR count). The monoisotopic (exact) mass is 358 g/mol. The molecule has 0 unspecified atom stereocenters. The Hall–Kier alpha value is 0.947. The quantitative estimate of drug-likeness (QED) is 0.335. The third-order valence-electron chi connectivity index (χ3n) is 3.99. The van der Waals surface area contributed by atoms with Gasteiger partial charge in [0.2, 0.25) is 0 Å². The first-order valence-corrected chi connectivity index (χ1v) is 8.99. The van der Waals surface area contributed by atoms with Crippen LogP contribution >= 0.6 is 0 Å². The molecule has 22 heavy (non-hydrogen) atoms. The molecule has 0 aliphatic rings. The Morgan fingerprint density at radius 1 is 0.636 bits per heavy atom. The van der Waals surface area contributed by atoms with E-state index in [4.69, 9.17) is 5.11 Å². The van der Waals surface area contributed by atoms with E-state index in [-0.39, 0.29) is 48.7 Å². The van der Waals surface area contributed by atoms with E-state index >= 15 is 0 Å². The molecule has 0 saturated heterocycles. The Morgan fingerprint density at radius 2 is 0.909 bits per heavy atom. The number of carboxylic acid groups (broad SMARTS) is 1. The molecule has 0 bridgehead atoms. The summed E-state index contributed by atoms with van der Waals surface area (Å²) in [5.41, 5.74) is 0. The predicted octanol–water partition coefficient (Wildman–Crippen LogP) is 3.96. The molecule has 0 aliphatic heterocycles. The summed E-state index contributed by atoms with van der Waals surface area (Å²) < 4.78 is 0. The van der Waals surface area contributed by atoms with Crippen LogP contribution in [-0.4, -0.2) is 59.8 Å². The maximum atomic E-state index is 10.3. The molecule has 4 heteroatoms. The van der Waals surface area contributed by atoms with Gasteiger partial charge in [0.05, 0.1) is 0 Å². The van der Waals surface area contributed by atoms with E-state index in [0.29, 0.717) is 6.42 Å². The van der Waals surface area contributed by atoms with E-state index in [9.17, 15) is 4.79 Å². The molecular weight excluding hydrogens is 316 g/mol. The molecule has 132 valence electrons. The van der Waals surface area contributed by atoms with Crippen molar-refractivity contribution in [2.75, 3.05) is 0 Å². The van der Waals surface area contributed by atoms with Gasteiger partial charge in [0.25, 0.3) is 0 Å². The number of rotatable bonds is 16. The van der Waals surface area contributed by atoms with Crippen molar-refractivity contribution in [2.24, 2.45) is 0 Å². The van der Waals surface area contributed by atoms with Crippen LogP contribution in [-0.2, 0) is 4.79 Å². The summed E-state index contributed by atoms with van der Waals surface area (Å²) in [6, 6.07) is 0. The van der Waals surface area contributed by atoms with Crippen molar-refractivity contribution >= 4 is 54.7 Å². The first-order chi connectivity index (χ1) is 9.77. The summed E-state index contributed by atoms with van der Waals surface area (Å²) in [4.78, 5) is 10.3. The van der Waals surface area contributed by atoms with Crippen LogP contribution in [0.1, 0.15) is 110 Å². The summed E-state index contributed by atoms with van der Waals surface area (Å²) in [6.07, 6.45) is 20.2. The summed E-state index contributed by atoms with van der Waals surface area (Å²) in [5.74, 6) is -0.653. The van der Waals surface area contributed by atoms with E-state index in [1.54, 1.807) is 0 Å². The average molecular weight is 359 g/mol. The zero-order valence-electron chi connectivity index (χ0n) is 13.7. The molecule has 0 heterocycles. The van der Waals surface area contributed by atoms with E-state index < -0.39 is 5.97 Å². The second kappa shape index (κ2) is 24.2. The summed E-state index contributed by atoms with van der Waals surface area (Å²) in [6.45, 7) is 2.27. The smallest absolute Gasteiger partial charge is 0.0149 e. The largest absolute Gasteiger partial charge is 0.0149 e. The molecular formula is C18H42CaO2Si. The Kier molecular flexibility index (Phi) is 30.6. The van der Waals surface area contributed by atoms with Crippen molar-refractivity contribution in [1.82, 2.24) is 0 Å². The SMILES string of the molecule is CCCCCCCCCCCCCCCCCC(=O)O.[CaH2].[SiH4]. The van der Waals surface area contributed by atoms with Gasteiger partial charge in [-0.15, -0.1) is 0 Å². The van der Waals surface area contributed by atoms with Crippen molar-refractivity contribution in [3.05, 3.63) is 0 Å². The van der Waals surface area contributed by atoms with Gasteiger partial charge >= 0.3 is 43.7 Å². The van der Waals surface area contributed by atoms with E-state index in [1.165, 1.54) is 83.5 Å². The third kappa shape index (κ3) is 25.9. The van der Waals surface area contributed by atoms with Crippen LogP contribution in [0.15, 0.2) is 0 Å². The van der Waals surface area contributed by atoms with E-state index in [2.05, 4.69) is 6.92 Å². The molecule has 0 aromatic carbocycles. The van der Waals surface area contributed by atoms with Crippen molar-refractivity contribution < 1.29 is 9.90 Å². The normalized spacial score (nSPS) is 9.86. The van der Waals surface area contributed by atoms with Crippen LogP contribution in [0.5, 0.6) is 0 Å². The van der Waals surface area contributed by atoms with Crippen LogP contribution in [0.2, 0.25) is 0 Å². The van der Waals surface area contributed by atoms with Crippen molar-refractivity contribution in [1.29, 1.82) is 0 Å². The Balaban J connectivity index is -0.00000180. The molecule has 0 fully saturated rings. The molecule has 0 spiro atoms. The van der Waals surface area contributed by atoms with Gasteiger partial charge < -0.3 is 5.11 Å². The van der Waals surface area contributed by atoms with Gasteiger partial charge in [-0.3, -0.25) is 4.79 Å². The standard InChI is InChI=1S/C18H36O2.Ca.H4Si.2H/c1-2-3-4-5-6-7-8-9-10-11-12-13-14-15-16-17-18(19)20;;;;/h2-17H2,1H3,(H,19,20);;1H4;;. The predicted molar refractivity (Wildman–Crippen MR) is 107 cm³/mol. The molecule has 0 aromatic heterocycles. The zero-order valence-corrected chi connectivity index (χ0v) is 13.7. The number of carboxylic acids is 1. The van der Waals surface area contributed by atoms with Gasteiger partial charge in [-0.05, 0) is 17.4 Å². The van der Waals surface area contributed by atoms with E-state index in [1.807, 2.05) is 0 Å². The minimum Gasteiger partial charge on any atom is -0.0149 e. The Labute approximate surface area is 173 Å². The van der Waals surface area contributed by atoms with Crippen molar-refractivity contribution in [2.45, 2.75) is 110 Å². The van der Waals surface area contributed by atoms with Crippen LogP contribution in [0.25, 0.3) is 0 Å². The maximum Gasteiger partial charge on any atom is -0.0149 e. The second-order valence-electron chi connectivity index (χ2n) is 6.09. The minimum absolute atomic E-state index is 0. The topological polar surface area (TPSA) is 37.3 Å². The fourth-order valence-electron chi connectivity index (χ4n) is 2.65. The fourth-order valence-corrected chi connectivity index (χ4v) is 2.65. The molecule has 0 amide bonds. The summed E-state index contributed by atoms with van der Waals surface area (Å²) in [5, 5.41) is 8.52. The van der Waals surface area contributed by atoms with Gasteiger partial charge in [0.1, 0.15) is 0 Å². The molecule has 0 aromatic rings. The van der Waals surface area contributed by atoms with Crippen molar-refractivity contribution in [3.63, 3.8) is 0 Å². The molecule has 0 aliphatic carbocycles. The minimum atomic E-state index is -0.653. The van der Waals surface area contributed by atoms with Gasteiger partial charge in [0, 0.05) is 6.42 Å². The molecule has 1 N–H and O–H groups in total. The third-order valence-corrected chi connectivity index (χ3v) is 3.99. The molecule has 0 radical (unpaired) electrons. The van der Waals surface area contributed by atoms with Crippen LogP contribution in [0, 0.1) is 0 Å². The number of carbonyl (C=O) groups is 1. The van der Waals surface area contributed by atoms with Gasteiger partial charge in [0.15, 0.2) is 0 Å². The summed E-state index contributed by atoms with van der Waals surface area (Å²) >= 11 is 0. The molecule has 0 saturated carbocycles. The maximum absolute atomic E-state index is 10.3. The average Bonchev–Trinajstić information content (AvgIpc) is 2.43. The first-order valence-electron chi connectivity index (χ1n) is 8.99. The number of hydrogen-bond acceptors (Lipinski definition) is 1. The molecule has 0 atom stereocenters. The number of aliphatic carboxylic acids is 1. The number of unbranched alkanes of at least 4 members (excludes halogenated alkanes) is 14. The van der Waals surface area contributed by atoms with Crippen LogP contribution < -0.4 is 0 Å². The van der Waals surface area contributed by atoms with E-state index in [0.717, 1.165) is 12.8 Å². The van der Waals surface area contributed by atoms with Gasteiger partial charge in [-0.25, -0.2) is 0 Å². The first kappa shape index (κ1) is 27.8. The Bertz CT molecular complexity index is 213. The fraction of sp³-hybridized carbons (Fsp3) is 0.944. The van der Waals surface area contributed by atoms with Crippen LogP contribution in [0.4, 0.5) is 0 Å². The van der Waals surface area contributed by atoms with Gasteiger partial charge in [-0.1, -0.05) is 96.8 Å².